The third kappa shape index (κ3) is 1.63. The molecule has 2 rings (SSSR count). The van der Waals surface area contributed by atoms with E-state index in [0.29, 0.717) is 0 Å². The van der Waals surface area contributed by atoms with Crippen LogP contribution in [0.5, 0.6) is 0 Å². The van der Waals surface area contributed by atoms with Gasteiger partial charge in [0.05, 0.1) is 0 Å². The quantitative estimate of drug-likeness (QED) is 0.572. The molecule has 0 amide bonds. The second-order valence-electron chi connectivity index (χ2n) is 3.02. The van der Waals surface area contributed by atoms with Crippen molar-refractivity contribution in [2.75, 3.05) is 0 Å². The lowest BCUT2D eigenvalue weighted by molar-refractivity contribution is 0.212. The van der Waals surface area contributed by atoms with E-state index in [9.17, 15) is 5.11 Å². The van der Waals surface area contributed by atoms with Crippen molar-refractivity contribution >= 4 is 0 Å². The summed E-state index contributed by atoms with van der Waals surface area (Å²) >= 11 is 0. The highest BCUT2D eigenvalue weighted by atomic mass is 16.3. The standard InChI is InChI=1S/C10H9NO/c12-10(5-6-10)4-3-9-2-1-7-11-8-9/h1-2,7-8,12H,5-6H2. The van der Waals surface area contributed by atoms with E-state index in [1.807, 2.05) is 12.1 Å². The molecule has 1 N–H and O–H groups in total. The molecule has 0 aromatic carbocycles. The molecule has 0 atom stereocenters. The van der Waals surface area contributed by atoms with E-state index >= 15 is 0 Å². The van der Waals surface area contributed by atoms with Gasteiger partial charge in [0.2, 0.25) is 0 Å². The number of rotatable bonds is 0. The molecule has 60 valence electrons. The second kappa shape index (κ2) is 2.62. The highest BCUT2D eigenvalue weighted by Crippen LogP contribution is 2.33. The van der Waals surface area contributed by atoms with Crippen LogP contribution in [0.2, 0.25) is 0 Å². The molecule has 1 aliphatic carbocycles. The van der Waals surface area contributed by atoms with Crippen LogP contribution in [-0.2, 0) is 0 Å². The lowest BCUT2D eigenvalue weighted by atomic mass is 10.2. The minimum absolute atomic E-state index is 0.685. The first-order valence-corrected chi connectivity index (χ1v) is 3.94. The van der Waals surface area contributed by atoms with Crippen molar-refractivity contribution < 1.29 is 5.11 Å². The van der Waals surface area contributed by atoms with E-state index in [4.69, 9.17) is 0 Å². The Morgan fingerprint density at radius 1 is 1.50 bits per heavy atom. The van der Waals surface area contributed by atoms with Crippen molar-refractivity contribution in [3.63, 3.8) is 0 Å². The summed E-state index contributed by atoms with van der Waals surface area (Å²) in [5, 5.41) is 9.40. The average Bonchev–Trinajstić information content (AvgIpc) is 2.84. The van der Waals surface area contributed by atoms with Crippen molar-refractivity contribution in [1.29, 1.82) is 0 Å². The third-order valence-electron chi connectivity index (χ3n) is 1.82. The molecular formula is C10H9NO. The van der Waals surface area contributed by atoms with Gasteiger partial charge in [-0.15, -0.1) is 0 Å². The van der Waals surface area contributed by atoms with Gasteiger partial charge in [0.1, 0.15) is 5.60 Å². The minimum Gasteiger partial charge on any atom is -0.378 e. The molecule has 1 aliphatic rings. The summed E-state index contributed by atoms with van der Waals surface area (Å²) in [6, 6.07) is 3.71. The van der Waals surface area contributed by atoms with Gasteiger partial charge in [-0.2, -0.15) is 0 Å². The Morgan fingerprint density at radius 3 is 2.92 bits per heavy atom. The zero-order valence-electron chi connectivity index (χ0n) is 6.62. The molecule has 1 saturated carbocycles. The van der Waals surface area contributed by atoms with E-state index in [0.717, 1.165) is 18.4 Å². The molecule has 1 fully saturated rings. The molecule has 0 spiro atoms. The van der Waals surface area contributed by atoms with Gasteiger partial charge in [-0.1, -0.05) is 11.8 Å². The van der Waals surface area contributed by atoms with Crippen LogP contribution in [0, 0.1) is 11.8 Å². The van der Waals surface area contributed by atoms with Crippen molar-refractivity contribution in [2.24, 2.45) is 0 Å². The minimum atomic E-state index is -0.685. The Labute approximate surface area is 71.3 Å². The van der Waals surface area contributed by atoms with Crippen LogP contribution < -0.4 is 0 Å². The summed E-state index contributed by atoms with van der Waals surface area (Å²) in [4.78, 5) is 3.92. The fraction of sp³-hybridized carbons (Fsp3) is 0.300. The van der Waals surface area contributed by atoms with Crippen LogP contribution in [0.1, 0.15) is 18.4 Å². The topological polar surface area (TPSA) is 33.1 Å². The smallest absolute Gasteiger partial charge is 0.126 e. The lowest BCUT2D eigenvalue weighted by Crippen LogP contribution is -2.00. The van der Waals surface area contributed by atoms with E-state index in [2.05, 4.69) is 16.8 Å². The van der Waals surface area contributed by atoms with Crippen molar-refractivity contribution in [1.82, 2.24) is 4.98 Å². The van der Waals surface area contributed by atoms with Gasteiger partial charge >= 0.3 is 0 Å². The Hall–Kier alpha value is -1.33. The maximum absolute atomic E-state index is 9.40. The SMILES string of the molecule is OC1(C#Cc2cccnc2)CC1. The highest BCUT2D eigenvalue weighted by Gasteiger charge is 2.38. The maximum Gasteiger partial charge on any atom is 0.126 e. The van der Waals surface area contributed by atoms with Gasteiger partial charge in [-0.3, -0.25) is 4.98 Å². The van der Waals surface area contributed by atoms with Gasteiger partial charge < -0.3 is 5.11 Å². The summed E-state index contributed by atoms with van der Waals surface area (Å²) in [6.45, 7) is 0. The van der Waals surface area contributed by atoms with E-state index in [1.165, 1.54) is 0 Å². The number of hydrogen-bond acceptors (Lipinski definition) is 2. The summed E-state index contributed by atoms with van der Waals surface area (Å²) < 4.78 is 0. The number of aromatic nitrogens is 1. The molecule has 0 unspecified atom stereocenters. The zero-order valence-corrected chi connectivity index (χ0v) is 6.62. The Balaban J connectivity index is 2.16. The normalized spacial score (nSPS) is 17.8. The van der Waals surface area contributed by atoms with Gasteiger partial charge in [0.25, 0.3) is 0 Å². The van der Waals surface area contributed by atoms with Gasteiger partial charge in [0.15, 0.2) is 0 Å². The molecule has 2 heteroatoms. The number of hydrogen-bond donors (Lipinski definition) is 1. The van der Waals surface area contributed by atoms with Crippen molar-refractivity contribution in [2.45, 2.75) is 18.4 Å². The van der Waals surface area contributed by atoms with E-state index in [-0.39, 0.29) is 0 Å². The van der Waals surface area contributed by atoms with Gasteiger partial charge in [-0.25, -0.2) is 0 Å². The molecule has 1 heterocycles. The fourth-order valence-electron chi connectivity index (χ4n) is 0.869. The molecular weight excluding hydrogens is 150 g/mol. The van der Waals surface area contributed by atoms with Crippen LogP contribution in [0.25, 0.3) is 0 Å². The molecule has 12 heavy (non-hydrogen) atoms. The second-order valence-corrected chi connectivity index (χ2v) is 3.02. The molecule has 1 aromatic rings. The lowest BCUT2D eigenvalue weighted by Gasteiger charge is -1.91. The Morgan fingerprint density at radius 2 is 2.33 bits per heavy atom. The first-order chi connectivity index (χ1) is 5.79. The molecule has 1 aromatic heterocycles. The largest absolute Gasteiger partial charge is 0.378 e. The third-order valence-corrected chi connectivity index (χ3v) is 1.82. The zero-order chi connectivity index (χ0) is 8.44. The van der Waals surface area contributed by atoms with Gasteiger partial charge in [0, 0.05) is 18.0 Å². The predicted molar refractivity (Wildman–Crippen MR) is 45.3 cm³/mol. The van der Waals surface area contributed by atoms with Crippen LogP contribution in [0.3, 0.4) is 0 Å². The highest BCUT2D eigenvalue weighted by molar-refractivity contribution is 5.35. The Bertz CT molecular complexity index is 330. The summed E-state index contributed by atoms with van der Waals surface area (Å²) in [6.07, 6.45) is 5.01. The van der Waals surface area contributed by atoms with Crippen molar-refractivity contribution in [3.8, 4) is 11.8 Å². The van der Waals surface area contributed by atoms with Crippen LogP contribution in [0.15, 0.2) is 24.5 Å². The summed E-state index contributed by atoms with van der Waals surface area (Å²) in [5.41, 5.74) is 0.174. The fourth-order valence-corrected chi connectivity index (χ4v) is 0.869. The molecule has 0 bridgehead atoms. The number of aliphatic hydroxyl groups is 1. The van der Waals surface area contributed by atoms with Crippen LogP contribution in [-0.4, -0.2) is 15.7 Å². The number of pyridine rings is 1. The predicted octanol–water partition coefficient (Wildman–Crippen LogP) is 0.958. The molecule has 0 aliphatic heterocycles. The summed E-state index contributed by atoms with van der Waals surface area (Å²) in [7, 11) is 0. The van der Waals surface area contributed by atoms with Gasteiger partial charge in [-0.05, 0) is 25.0 Å². The molecule has 2 nitrogen and oxygen atoms in total. The van der Waals surface area contributed by atoms with E-state index < -0.39 is 5.60 Å². The first kappa shape index (κ1) is 7.33. The number of nitrogens with zero attached hydrogens (tertiary/aromatic N) is 1. The van der Waals surface area contributed by atoms with E-state index in [1.54, 1.807) is 12.4 Å². The average molecular weight is 159 g/mol. The Kier molecular flexibility index (Phi) is 1.60. The molecule has 0 saturated heterocycles. The first-order valence-electron chi connectivity index (χ1n) is 3.94. The summed E-state index contributed by atoms with van der Waals surface area (Å²) in [5.74, 6) is 5.70. The molecule has 0 radical (unpaired) electrons. The van der Waals surface area contributed by atoms with Crippen LogP contribution in [0.4, 0.5) is 0 Å². The monoisotopic (exact) mass is 159 g/mol. The van der Waals surface area contributed by atoms with Crippen molar-refractivity contribution in [3.05, 3.63) is 30.1 Å². The van der Waals surface area contributed by atoms with Crippen LogP contribution >= 0.6 is 0 Å². The maximum atomic E-state index is 9.40.